The van der Waals surface area contributed by atoms with Gasteiger partial charge in [-0.2, -0.15) is 21.6 Å². The number of ether oxygens (including phenoxy) is 3. The molecule has 8 aromatic rings. The second kappa shape index (κ2) is 51.3. The van der Waals surface area contributed by atoms with Crippen LogP contribution in [-0.4, -0.2) is 116 Å². The number of carbonyl (C=O) groups is 4. The number of rotatable bonds is 22. The number of nitro benzene ring substituents is 4. The van der Waals surface area contributed by atoms with Gasteiger partial charge in [-0.25, -0.2) is 19.2 Å². The van der Waals surface area contributed by atoms with Crippen LogP contribution in [0.4, 0.5) is 35.9 Å². The summed E-state index contributed by atoms with van der Waals surface area (Å²) >= 11 is 4.52. The van der Waals surface area contributed by atoms with Gasteiger partial charge in [0.15, 0.2) is 11.5 Å². The molecule has 0 radical (unpaired) electrons. The van der Waals surface area contributed by atoms with Gasteiger partial charge >= 0.3 is 56.6 Å². The quantitative estimate of drug-likeness (QED) is 0.00563. The Morgan fingerprint density at radius 2 is 0.800 bits per heavy atom. The van der Waals surface area contributed by atoms with Gasteiger partial charge in [-0.1, -0.05) is 152 Å². The molecule has 0 spiro atoms. The van der Waals surface area contributed by atoms with E-state index in [2.05, 4.69) is 203 Å². The number of benzene rings is 8. The Morgan fingerprint density at radius 3 is 1.12 bits per heavy atom. The van der Waals surface area contributed by atoms with Crippen LogP contribution < -0.4 is 13.0 Å². The maximum atomic E-state index is 12.2. The second-order valence-electron chi connectivity index (χ2n) is 27.5. The zero-order chi connectivity index (χ0) is 91.9. The number of carbonyl (C=O) groups excluding carboxylic acids is 3. The molecule has 0 heterocycles. The number of hydrogen-bond donors (Lipinski definition) is 4. The third-order valence-electron chi connectivity index (χ3n) is 17.5. The van der Waals surface area contributed by atoms with Crippen molar-refractivity contribution in [2.24, 2.45) is 0 Å². The van der Waals surface area contributed by atoms with Crippen molar-refractivity contribution in [2.75, 3.05) is 21.3 Å². The average molecular weight is 1950 g/mol. The third-order valence-corrected chi connectivity index (χ3v) is 31.9. The molecule has 4 N–H and O–H groups in total. The number of aryl methyl sites for hydroxylation is 1. The van der Waals surface area contributed by atoms with E-state index >= 15 is 0 Å². The molecule has 0 amide bonds. The summed E-state index contributed by atoms with van der Waals surface area (Å²) in [7, 11) is -6.56. The van der Waals surface area contributed by atoms with Gasteiger partial charge < -0.3 is 47.7 Å². The van der Waals surface area contributed by atoms with Crippen LogP contribution in [-0.2, 0) is 24.3 Å². The lowest BCUT2D eigenvalue weighted by atomic mass is 10.1. The largest absolute Gasteiger partial charge is 0.543 e. The molecule has 0 unspecified atom stereocenters. The number of phenolic OH excluding ortho intramolecular Hbond substituents is 3. The standard InChI is InChI=1S/C25H31NO5Si.C15H25IOSi.C9H6F3NO7S.C9H8.C8H7NO5.C7H5NO5.C6H5IO.C5H12/c1-17(2)32(18(3)4,19(5)6)31-23-13-9-20(10-14-23)8-11-21-16-22(25(27)30-7)12-15-24(21)26(28)29;1-11(2)18(12(3)4,13(5)6)17-15-9-7-14(16)8-10-15;1-19-8(14)5-2-3-6(13(15)16)7(4-5)20-21(17,18)9(10,11)12;1-3-9-6-4-8(2)5-7-9;1-14-8(11)5-2-3-6(9(12)13)7(10)4-5;9-6-3-4(7(10)11)1-2-5(6)8(12)13;7-5-1-3-6(8)4-2-5;1-3-5-4-2/h9-10,12-19H,1-7H3;7-13H,1-6H3;2-4H,1H3;1,4-7H,2H3;2-4,10H,1H3;1-3,9H,(H,10,11);1-4,8H;3-5H2,1-2H3. The number of carboxylic acid groups (broad SMARTS) is 1. The Bertz CT molecular complexity index is 4900. The monoisotopic (exact) mass is 1950 g/mol. The van der Waals surface area contributed by atoms with Crippen molar-refractivity contribution in [1.82, 2.24) is 0 Å². The Morgan fingerprint density at radius 1 is 0.475 bits per heavy atom. The molecule has 0 aliphatic heterocycles. The highest BCUT2D eigenvalue weighted by molar-refractivity contribution is 14.1. The highest BCUT2D eigenvalue weighted by Gasteiger charge is 2.50. The van der Waals surface area contributed by atoms with Gasteiger partial charge in [-0.3, -0.25) is 40.5 Å². The summed E-state index contributed by atoms with van der Waals surface area (Å²) < 4.78 is 91.0. The topological polar surface area (TPSA) is 411 Å². The molecule has 0 aromatic heterocycles. The normalized spacial score (nSPS) is 10.7. The van der Waals surface area contributed by atoms with Gasteiger partial charge in [0, 0.05) is 60.7 Å². The Labute approximate surface area is 725 Å². The molecule has 120 heavy (non-hydrogen) atoms. The summed E-state index contributed by atoms with van der Waals surface area (Å²) in [6, 6.07) is 42.9. The van der Waals surface area contributed by atoms with Crippen LogP contribution in [0.25, 0.3) is 0 Å². The Hall–Kier alpha value is -11.2. The second-order valence-corrected chi connectivity index (χ2v) is 42.3. The van der Waals surface area contributed by atoms with E-state index in [1.165, 1.54) is 66.9 Å². The molecule has 0 aliphatic carbocycles. The molecule has 0 atom stereocenters. The van der Waals surface area contributed by atoms with Crippen LogP contribution in [0.3, 0.4) is 0 Å². The fourth-order valence-electron chi connectivity index (χ4n) is 11.7. The third kappa shape index (κ3) is 33.9. The first-order valence-corrected chi connectivity index (χ1v) is 44.5. The Balaban J connectivity index is 0.000000723. The number of esters is 3. The smallest absolute Gasteiger partial charge is 0.534 e. The fraction of sp³-hybridized carbons (Fsp3) is 0.333. The first-order valence-electron chi connectivity index (χ1n) is 36.7. The van der Waals surface area contributed by atoms with Gasteiger partial charge in [0.2, 0.25) is 5.75 Å². The molecule has 28 nitrogen and oxygen atoms in total. The zero-order valence-electron chi connectivity index (χ0n) is 69.4. The SMILES string of the molecule is C#Cc1ccc(C)cc1.CC(C)[Si](Oc1ccc(I)cc1)(C(C)C)C(C)C.CCCCC.COC(=O)c1ccc([N+](=O)[O-])c(C#Cc2ccc(O[Si](C(C)C)(C(C)C)C(C)C)cc2)c1.COC(=O)c1ccc([N+](=O)[O-])c(O)c1.COC(=O)c1ccc([N+](=O)[O-])c(OS(=O)(=O)C(F)(F)F)c1.O=C(O)c1ccc([N+](=O)[O-])c(O)c1.Oc1ccc(I)cc1. The number of nitro groups is 4. The van der Waals surface area contributed by atoms with Gasteiger partial charge in [0.1, 0.15) is 22.8 Å². The van der Waals surface area contributed by atoms with Crippen LogP contribution >= 0.6 is 45.2 Å². The van der Waals surface area contributed by atoms with Crippen molar-refractivity contribution in [2.45, 2.75) is 162 Å². The number of methoxy groups -OCH3 is 3. The van der Waals surface area contributed by atoms with Gasteiger partial charge in [0.25, 0.3) is 22.3 Å². The fourth-order valence-corrected chi connectivity index (χ4v) is 23.4. The highest BCUT2D eigenvalue weighted by Crippen LogP contribution is 2.45. The lowest BCUT2D eigenvalue weighted by Crippen LogP contribution is -2.50. The molecular formula is C84H99F3I2N4O24SSi2. The molecule has 8 rings (SSSR count). The first-order chi connectivity index (χ1) is 55.9. The van der Waals surface area contributed by atoms with E-state index in [9.17, 15) is 81.2 Å². The average Bonchev–Trinajstić information content (AvgIpc) is 0.796. The number of hydrogen-bond acceptors (Lipinski definition) is 23. The van der Waals surface area contributed by atoms with Crippen molar-refractivity contribution >= 4 is 119 Å². The number of halogens is 5. The predicted octanol–water partition coefficient (Wildman–Crippen LogP) is 22.0. The van der Waals surface area contributed by atoms with Crippen molar-refractivity contribution < 1.29 is 108 Å². The summed E-state index contributed by atoms with van der Waals surface area (Å²) in [4.78, 5) is 83.5. The zero-order valence-corrected chi connectivity index (χ0v) is 76.5. The van der Waals surface area contributed by atoms with Crippen LogP contribution in [0, 0.1) is 78.7 Å². The summed E-state index contributed by atoms with van der Waals surface area (Å²) in [6.07, 6.45) is 9.23. The summed E-state index contributed by atoms with van der Waals surface area (Å²) in [5.74, 6) is 4.53. The lowest BCUT2D eigenvalue weighted by molar-refractivity contribution is -0.386. The predicted molar refractivity (Wildman–Crippen MR) is 472 cm³/mol. The number of terminal acetylenes is 1. The Kier molecular flexibility index (Phi) is 45.7. The summed E-state index contributed by atoms with van der Waals surface area (Å²) in [6.45, 7) is 33.8. The number of aromatic carboxylic acids is 1. The van der Waals surface area contributed by atoms with E-state index in [0.29, 0.717) is 56.7 Å². The maximum absolute atomic E-state index is 12.2. The summed E-state index contributed by atoms with van der Waals surface area (Å²) in [5, 5.41) is 77.9. The lowest BCUT2D eigenvalue weighted by Gasteiger charge is -2.42. The molecule has 0 bridgehead atoms. The van der Waals surface area contributed by atoms with E-state index in [1.807, 2.05) is 67.6 Å². The van der Waals surface area contributed by atoms with Gasteiger partial charge in [-0.15, -0.1) is 6.42 Å². The van der Waals surface area contributed by atoms with E-state index < -0.39 is 116 Å². The van der Waals surface area contributed by atoms with E-state index in [4.69, 9.17) is 35.7 Å². The van der Waals surface area contributed by atoms with E-state index in [-0.39, 0.29) is 27.9 Å². The molecule has 36 heteroatoms. The van der Waals surface area contributed by atoms with Crippen molar-refractivity contribution in [3.05, 3.63) is 262 Å². The molecule has 8 aromatic carbocycles. The number of phenols is 3. The molecule has 648 valence electrons. The molecule has 0 fully saturated rings. The van der Waals surface area contributed by atoms with Gasteiger partial charge in [0.05, 0.1) is 63.3 Å². The van der Waals surface area contributed by atoms with E-state index in [0.717, 1.165) is 64.1 Å². The number of aromatic hydroxyl groups is 3. The van der Waals surface area contributed by atoms with Crippen molar-refractivity contribution in [3.63, 3.8) is 0 Å². The minimum Gasteiger partial charge on any atom is -0.543 e. The number of unbranched alkanes of at least 4 members (excludes halogenated alkanes) is 2. The number of nitrogens with zero attached hydrogens (tertiary/aromatic N) is 4. The highest BCUT2D eigenvalue weighted by atomic mass is 127. The molecule has 0 saturated heterocycles. The number of carboxylic acids is 1. The van der Waals surface area contributed by atoms with Crippen molar-refractivity contribution in [1.29, 1.82) is 0 Å². The van der Waals surface area contributed by atoms with Gasteiger partial charge in [-0.05, 0) is 201 Å². The molecule has 0 saturated carbocycles. The van der Waals surface area contributed by atoms with Crippen LogP contribution in [0.1, 0.15) is 180 Å². The minimum atomic E-state index is -6.11. The van der Waals surface area contributed by atoms with Crippen molar-refractivity contribution in [3.8, 4) is 58.7 Å². The molecular weight excluding hydrogens is 1850 g/mol. The maximum Gasteiger partial charge on any atom is 0.534 e. The number of alkyl halides is 3. The summed E-state index contributed by atoms with van der Waals surface area (Å²) in [5.41, 5.74) is -1.99. The van der Waals surface area contributed by atoms with E-state index in [1.54, 1.807) is 12.1 Å². The molecule has 0 aliphatic rings. The first kappa shape index (κ1) is 107. The minimum absolute atomic E-state index is 0.0654. The van der Waals surface area contributed by atoms with Crippen LogP contribution in [0.5, 0.6) is 34.5 Å². The van der Waals surface area contributed by atoms with Crippen LogP contribution in [0.2, 0.25) is 33.2 Å². The van der Waals surface area contributed by atoms with Crippen LogP contribution in [0.15, 0.2) is 170 Å².